The first-order valence-corrected chi connectivity index (χ1v) is 10.3. The molecule has 1 N–H and O–H groups in total. The second-order valence-electron chi connectivity index (χ2n) is 7.51. The number of hydrogen-bond donors (Lipinski definition) is 1. The Bertz CT molecular complexity index is 1600. The van der Waals surface area contributed by atoms with Crippen LogP contribution in [0.3, 0.4) is 0 Å². The second-order valence-corrected chi connectivity index (χ2v) is 7.51. The van der Waals surface area contributed by atoms with Crippen LogP contribution < -0.4 is 4.65 Å². The van der Waals surface area contributed by atoms with E-state index in [4.69, 9.17) is 19.6 Å². The minimum absolute atomic E-state index is 0.562. The molecule has 0 aliphatic heterocycles. The van der Waals surface area contributed by atoms with Gasteiger partial charge in [-0.25, -0.2) is 9.97 Å². The summed E-state index contributed by atoms with van der Waals surface area (Å²) in [7, 11) is 0.693. The van der Waals surface area contributed by atoms with Gasteiger partial charge in [-0.2, -0.15) is 0 Å². The highest BCUT2D eigenvalue weighted by molar-refractivity contribution is 6.17. The molecule has 2 aromatic heterocycles. The predicted molar refractivity (Wildman–Crippen MR) is 128 cm³/mol. The number of nitrogens with zero attached hydrogens (tertiary/aromatic N) is 3. The van der Waals surface area contributed by atoms with Crippen molar-refractivity contribution in [1.82, 2.24) is 14.5 Å². The summed E-state index contributed by atoms with van der Waals surface area (Å²) in [6.45, 7) is 0. The minimum atomic E-state index is 0.562. The average molecular weight is 414 g/mol. The summed E-state index contributed by atoms with van der Waals surface area (Å²) in [6, 6.07) is 32.1. The molecule has 0 saturated heterocycles. The molecule has 1 radical (unpaired) electrons. The summed E-state index contributed by atoms with van der Waals surface area (Å²) in [5.41, 5.74) is 4.79. The molecule has 6 aromatic rings. The maximum absolute atomic E-state index is 9.06. The van der Waals surface area contributed by atoms with E-state index in [0.717, 1.165) is 44.0 Å². The summed E-state index contributed by atoms with van der Waals surface area (Å²) in [5.74, 6) is 1.17. The lowest BCUT2D eigenvalue weighted by Gasteiger charge is -2.11. The Morgan fingerprint density at radius 1 is 0.688 bits per heavy atom. The Balaban J connectivity index is 1.70. The van der Waals surface area contributed by atoms with Gasteiger partial charge < -0.3 is 9.68 Å². The monoisotopic (exact) mass is 414 g/mol. The molecule has 0 aliphatic carbocycles. The normalized spacial score (nSPS) is 11.3. The van der Waals surface area contributed by atoms with Crippen molar-refractivity contribution >= 4 is 40.4 Å². The molecule has 151 valence electrons. The SMILES string of the molecule is O[B]Oc1ccc2c(c1)c1ccccc1n2-c1nc(-c2ccccc2)c2ccccc2n1. The molecule has 0 bridgehead atoms. The topological polar surface area (TPSA) is 60.2 Å². The molecular formula is C26H17BN3O2. The first-order chi connectivity index (χ1) is 15.8. The number of para-hydroxylation sites is 2. The van der Waals surface area contributed by atoms with E-state index in [1.807, 2.05) is 66.7 Å². The van der Waals surface area contributed by atoms with Gasteiger partial charge in [0.25, 0.3) is 0 Å². The third kappa shape index (κ3) is 2.93. The van der Waals surface area contributed by atoms with Crippen molar-refractivity contribution < 1.29 is 9.68 Å². The van der Waals surface area contributed by atoms with Crippen molar-refractivity contribution in [3.63, 3.8) is 0 Å². The van der Waals surface area contributed by atoms with Crippen molar-refractivity contribution in [2.75, 3.05) is 0 Å². The molecule has 0 amide bonds. The van der Waals surface area contributed by atoms with Gasteiger partial charge in [0.1, 0.15) is 5.75 Å². The van der Waals surface area contributed by atoms with Crippen molar-refractivity contribution in [3.8, 4) is 23.0 Å². The van der Waals surface area contributed by atoms with Gasteiger partial charge in [0.15, 0.2) is 0 Å². The number of hydrogen-bond acceptors (Lipinski definition) is 4. The first-order valence-electron chi connectivity index (χ1n) is 10.3. The zero-order chi connectivity index (χ0) is 21.5. The van der Waals surface area contributed by atoms with Crippen LogP contribution in [0.4, 0.5) is 0 Å². The van der Waals surface area contributed by atoms with E-state index in [1.165, 1.54) is 0 Å². The fourth-order valence-corrected chi connectivity index (χ4v) is 4.28. The van der Waals surface area contributed by atoms with Gasteiger partial charge in [0, 0.05) is 21.7 Å². The summed E-state index contributed by atoms with van der Waals surface area (Å²) in [6.07, 6.45) is 0. The maximum Gasteiger partial charge on any atom is 0.569 e. The van der Waals surface area contributed by atoms with Crippen molar-refractivity contribution in [3.05, 3.63) is 97.1 Å². The molecular weight excluding hydrogens is 397 g/mol. The number of rotatable bonds is 4. The molecule has 4 aromatic carbocycles. The predicted octanol–water partition coefficient (Wildman–Crippen LogP) is 5.30. The van der Waals surface area contributed by atoms with Gasteiger partial charge in [-0.05, 0) is 30.3 Å². The van der Waals surface area contributed by atoms with E-state index in [0.29, 0.717) is 19.4 Å². The summed E-state index contributed by atoms with van der Waals surface area (Å²) in [5, 5.41) is 12.1. The van der Waals surface area contributed by atoms with Gasteiger partial charge in [-0.15, -0.1) is 0 Å². The van der Waals surface area contributed by atoms with Crippen LogP contribution in [-0.4, -0.2) is 27.2 Å². The highest BCUT2D eigenvalue weighted by Crippen LogP contribution is 2.35. The maximum atomic E-state index is 9.06. The summed E-state index contributed by atoms with van der Waals surface area (Å²) >= 11 is 0. The van der Waals surface area contributed by atoms with E-state index in [2.05, 4.69) is 34.9 Å². The van der Waals surface area contributed by atoms with Crippen molar-refractivity contribution in [2.45, 2.75) is 0 Å². The number of fused-ring (bicyclic) bond motifs is 4. The van der Waals surface area contributed by atoms with E-state index in [1.54, 1.807) is 0 Å². The van der Waals surface area contributed by atoms with Crippen LogP contribution >= 0.6 is 0 Å². The lowest BCUT2D eigenvalue weighted by Crippen LogP contribution is -2.03. The van der Waals surface area contributed by atoms with Crippen LogP contribution in [0, 0.1) is 0 Å². The highest BCUT2D eigenvalue weighted by Gasteiger charge is 2.17. The van der Waals surface area contributed by atoms with Gasteiger partial charge in [-0.1, -0.05) is 66.7 Å². The molecule has 0 spiro atoms. The van der Waals surface area contributed by atoms with Crippen LogP contribution in [0.15, 0.2) is 97.1 Å². The van der Waals surface area contributed by atoms with Crippen LogP contribution in [-0.2, 0) is 0 Å². The molecule has 0 saturated carbocycles. The number of aromatic nitrogens is 3. The molecule has 2 heterocycles. The first kappa shape index (κ1) is 18.6. The fraction of sp³-hybridized carbons (Fsp3) is 0. The Kier molecular flexibility index (Phi) is 4.37. The Morgan fingerprint density at radius 3 is 2.25 bits per heavy atom. The Labute approximate surface area is 184 Å². The van der Waals surface area contributed by atoms with Gasteiger partial charge >= 0.3 is 7.69 Å². The minimum Gasteiger partial charge on any atom is -0.537 e. The molecule has 0 fully saturated rings. The largest absolute Gasteiger partial charge is 0.569 e. The van der Waals surface area contributed by atoms with Crippen LogP contribution in [0.25, 0.3) is 49.9 Å². The molecule has 32 heavy (non-hydrogen) atoms. The standard InChI is InChI=1S/C26H17BN3O2/c31-27-32-18-14-15-24-21(16-18)19-10-5-7-13-23(19)30(24)26-28-22-12-6-4-11-20(22)25(29-26)17-8-2-1-3-9-17/h1-16,31H. The van der Waals surface area contributed by atoms with E-state index in [-0.39, 0.29) is 0 Å². The van der Waals surface area contributed by atoms with E-state index >= 15 is 0 Å². The van der Waals surface area contributed by atoms with E-state index < -0.39 is 0 Å². The second kappa shape index (κ2) is 7.52. The third-order valence-electron chi connectivity index (χ3n) is 5.67. The van der Waals surface area contributed by atoms with Crippen LogP contribution in [0.2, 0.25) is 0 Å². The summed E-state index contributed by atoms with van der Waals surface area (Å²) < 4.78 is 7.28. The zero-order valence-corrected chi connectivity index (χ0v) is 17.0. The molecule has 0 atom stereocenters. The zero-order valence-electron chi connectivity index (χ0n) is 17.0. The van der Waals surface area contributed by atoms with Gasteiger partial charge in [0.05, 0.1) is 22.2 Å². The Hall–Kier alpha value is -4.16. The lowest BCUT2D eigenvalue weighted by atomic mass is 10.1. The lowest BCUT2D eigenvalue weighted by molar-refractivity contribution is 0.454. The van der Waals surface area contributed by atoms with Crippen molar-refractivity contribution in [2.24, 2.45) is 0 Å². The molecule has 0 unspecified atom stereocenters. The molecule has 0 aliphatic rings. The van der Waals surface area contributed by atoms with Gasteiger partial charge in [-0.3, -0.25) is 4.57 Å². The molecule has 6 heteroatoms. The van der Waals surface area contributed by atoms with Crippen LogP contribution in [0.1, 0.15) is 0 Å². The fourth-order valence-electron chi connectivity index (χ4n) is 4.28. The smallest absolute Gasteiger partial charge is 0.537 e. The van der Waals surface area contributed by atoms with Crippen molar-refractivity contribution in [1.29, 1.82) is 0 Å². The highest BCUT2D eigenvalue weighted by atomic mass is 16.5. The Morgan fingerprint density at radius 2 is 1.41 bits per heavy atom. The van der Waals surface area contributed by atoms with Gasteiger partial charge in [0.2, 0.25) is 5.95 Å². The van der Waals surface area contributed by atoms with Crippen LogP contribution in [0.5, 0.6) is 5.75 Å². The number of benzene rings is 4. The average Bonchev–Trinajstić information content (AvgIpc) is 3.18. The van der Waals surface area contributed by atoms with E-state index in [9.17, 15) is 0 Å². The molecule has 6 rings (SSSR count). The summed E-state index contributed by atoms with van der Waals surface area (Å²) in [4.78, 5) is 9.98. The molecule has 5 nitrogen and oxygen atoms in total. The third-order valence-corrected chi connectivity index (χ3v) is 5.67. The quantitative estimate of drug-likeness (QED) is 0.398.